The quantitative estimate of drug-likeness (QED) is 0.593. The van der Waals surface area contributed by atoms with Crippen molar-refractivity contribution in [1.29, 1.82) is 0 Å². The van der Waals surface area contributed by atoms with E-state index in [4.69, 9.17) is 0 Å². The molecule has 0 saturated heterocycles. The Labute approximate surface area is 155 Å². The summed E-state index contributed by atoms with van der Waals surface area (Å²) in [6.07, 6.45) is 1.88. The Bertz CT molecular complexity index is 816. The first-order chi connectivity index (χ1) is 12.8. The molecule has 1 radical (unpaired) electrons. The Hall–Kier alpha value is -3.07. The number of carbonyl (C=O) groups is 1. The van der Waals surface area contributed by atoms with E-state index >= 15 is 0 Å². The molecule has 0 aliphatic carbocycles. The van der Waals surface area contributed by atoms with Gasteiger partial charge in [-0.1, -0.05) is 66.7 Å². The van der Waals surface area contributed by atoms with Crippen LogP contribution in [0.4, 0.5) is 5.69 Å². The SMILES string of the molecule is O=C(NCCCc1ccccc1)c1[c]c(NCc2ccccc2)ccc1. The molecule has 0 aromatic heterocycles. The number of hydrogen-bond acceptors (Lipinski definition) is 2. The average molecular weight is 343 g/mol. The van der Waals surface area contributed by atoms with Crippen LogP contribution < -0.4 is 10.6 Å². The summed E-state index contributed by atoms with van der Waals surface area (Å²) in [4.78, 5) is 12.3. The lowest BCUT2D eigenvalue weighted by Crippen LogP contribution is -2.25. The molecule has 0 fully saturated rings. The summed E-state index contributed by atoms with van der Waals surface area (Å²) < 4.78 is 0. The molecular weight excluding hydrogens is 320 g/mol. The lowest BCUT2D eigenvalue weighted by atomic mass is 10.1. The highest BCUT2D eigenvalue weighted by molar-refractivity contribution is 5.94. The molecule has 3 aromatic rings. The maximum absolute atomic E-state index is 12.3. The van der Waals surface area contributed by atoms with Gasteiger partial charge in [0.15, 0.2) is 0 Å². The number of amides is 1. The minimum Gasteiger partial charge on any atom is -0.380 e. The summed E-state index contributed by atoms with van der Waals surface area (Å²) in [5, 5.41) is 6.28. The molecule has 0 heterocycles. The predicted octanol–water partition coefficient (Wildman–Crippen LogP) is 4.46. The highest BCUT2D eigenvalue weighted by Crippen LogP contribution is 2.11. The lowest BCUT2D eigenvalue weighted by Gasteiger charge is -2.09. The van der Waals surface area contributed by atoms with E-state index in [0.717, 1.165) is 18.5 Å². The molecule has 3 nitrogen and oxygen atoms in total. The fourth-order valence-corrected chi connectivity index (χ4v) is 2.73. The zero-order valence-electron chi connectivity index (χ0n) is 14.7. The summed E-state index contributed by atoms with van der Waals surface area (Å²) in [7, 11) is 0. The molecule has 0 aliphatic rings. The zero-order valence-corrected chi connectivity index (χ0v) is 14.7. The van der Waals surface area contributed by atoms with Gasteiger partial charge in [0.2, 0.25) is 0 Å². The predicted molar refractivity (Wildman–Crippen MR) is 106 cm³/mol. The maximum Gasteiger partial charge on any atom is 0.251 e. The Kier molecular flexibility index (Phi) is 6.43. The molecular formula is C23H23N2O. The van der Waals surface area contributed by atoms with Crippen molar-refractivity contribution in [2.45, 2.75) is 19.4 Å². The Morgan fingerprint density at radius 1 is 0.808 bits per heavy atom. The molecule has 1 amide bonds. The number of anilines is 1. The first-order valence-corrected chi connectivity index (χ1v) is 8.93. The monoisotopic (exact) mass is 343 g/mol. The van der Waals surface area contributed by atoms with Gasteiger partial charge >= 0.3 is 0 Å². The van der Waals surface area contributed by atoms with Gasteiger partial charge in [0.1, 0.15) is 0 Å². The molecule has 131 valence electrons. The van der Waals surface area contributed by atoms with Crippen molar-refractivity contribution < 1.29 is 4.79 Å². The molecule has 0 saturated carbocycles. The van der Waals surface area contributed by atoms with E-state index in [1.807, 2.05) is 48.5 Å². The summed E-state index contributed by atoms with van der Waals surface area (Å²) in [5.74, 6) is -0.0820. The number of benzene rings is 3. The van der Waals surface area contributed by atoms with Crippen LogP contribution in [-0.2, 0) is 13.0 Å². The van der Waals surface area contributed by atoms with Crippen molar-refractivity contribution in [3.8, 4) is 0 Å². The fraction of sp³-hybridized carbons (Fsp3) is 0.174. The molecule has 0 atom stereocenters. The molecule has 3 heteroatoms. The number of aryl methyl sites for hydroxylation is 1. The molecule has 26 heavy (non-hydrogen) atoms. The van der Waals surface area contributed by atoms with E-state index in [9.17, 15) is 4.79 Å². The van der Waals surface area contributed by atoms with Gasteiger partial charge in [-0.3, -0.25) is 4.79 Å². The minimum absolute atomic E-state index is 0.0820. The first-order valence-electron chi connectivity index (χ1n) is 8.93. The highest BCUT2D eigenvalue weighted by Gasteiger charge is 2.06. The topological polar surface area (TPSA) is 41.1 Å². The van der Waals surface area contributed by atoms with Gasteiger partial charge in [0, 0.05) is 30.4 Å². The Balaban J connectivity index is 1.46. The van der Waals surface area contributed by atoms with Gasteiger partial charge in [-0.2, -0.15) is 0 Å². The molecule has 3 rings (SSSR count). The standard InChI is InChI=1S/C23H23N2O/c26-23(24-16-8-13-19-9-3-1-4-10-19)21-14-7-15-22(17-21)25-18-20-11-5-2-6-12-20/h1-7,9-12,14-15,25H,8,13,16,18H2,(H,24,26). The highest BCUT2D eigenvalue weighted by atomic mass is 16.1. The second kappa shape index (κ2) is 9.42. The molecule has 2 N–H and O–H groups in total. The van der Waals surface area contributed by atoms with E-state index in [1.54, 1.807) is 6.07 Å². The minimum atomic E-state index is -0.0820. The maximum atomic E-state index is 12.3. The van der Waals surface area contributed by atoms with E-state index in [2.05, 4.69) is 41.0 Å². The van der Waals surface area contributed by atoms with Crippen molar-refractivity contribution in [1.82, 2.24) is 5.32 Å². The third-order valence-electron chi connectivity index (χ3n) is 4.14. The van der Waals surface area contributed by atoms with Gasteiger partial charge in [0.25, 0.3) is 5.91 Å². The second-order valence-corrected chi connectivity index (χ2v) is 6.16. The van der Waals surface area contributed by atoms with Crippen LogP contribution in [-0.4, -0.2) is 12.5 Å². The van der Waals surface area contributed by atoms with Crippen LogP contribution in [0.2, 0.25) is 0 Å². The van der Waals surface area contributed by atoms with Crippen molar-refractivity contribution >= 4 is 11.6 Å². The largest absolute Gasteiger partial charge is 0.380 e. The number of nitrogens with one attached hydrogen (secondary N) is 2. The molecule has 3 aromatic carbocycles. The smallest absolute Gasteiger partial charge is 0.251 e. The first kappa shape index (κ1) is 17.7. The zero-order chi connectivity index (χ0) is 18.0. The van der Waals surface area contributed by atoms with E-state index in [-0.39, 0.29) is 5.91 Å². The Morgan fingerprint density at radius 2 is 1.50 bits per heavy atom. The van der Waals surface area contributed by atoms with Crippen LogP contribution in [0, 0.1) is 6.07 Å². The third kappa shape index (κ3) is 5.49. The molecule has 0 aliphatic heterocycles. The van der Waals surface area contributed by atoms with Gasteiger partial charge in [-0.25, -0.2) is 0 Å². The number of hydrogen-bond donors (Lipinski definition) is 2. The normalized spacial score (nSPS) is 10.3. The summed E-state index contributed by atoms with van der Waals surface area (Å²) in [6.45, 7) is 1.36. The van der Waals surface area contributed by atoms with Gasteiger partial charge < -0.3 is 10.6 Å². The van der Waals surface area contributed by atoms with Crippen molar-refractivity contribution in [3.63, 3.8) is 0 Å². The lowest BCUT2D eigenvalue weighted by molar-refractivity contribution is 0.0953. The molecule has 0 spiro atoms. The summed E-state index contributed by atoms with van der Waals surface area (Å²) in [6, 6.07) is 29.2. The van der Waals surface area contributed by atoms with Crippen LogP contribution in [0.3, 0.4) is 0 Å². The van der Waals surface area contributed by atoms with E-state index < -0.39 is 0 Å². The van der Waals surface area contributed by atoms with Gasteiger partial charge in [0.05, 0.1) is 0 Å². The van der Waals surface area contributed by atoms with Crippen LogP contribution in [0.5, 0.6) is 0 Å². The number of carbonyl (C=O) groups excluding carboxylic acids is 1. The van der Waals surface area contributed by atoms with Gasteiger partial charge in [-0.05, 0) is 36.1 Å². The Morgan fingerprint density at radius 3 is 2.23 bits per heavy atom. The van der Waals surface area contributed by atoms with Crippen molar-refractivity contribution in [2.24, 2.45) is 0 Å². The second-order valence-electron chi connectivity index (χ2n) is 6.16. The third-order valence-corrected chi connectivity index (χ3v) is 4.14. The van der Waals surface area contributed by atoms with Crippen LogP contribution in [0.15, 0.2) is 78.9 Å². The average Bonchev–Trinajstić information content (AvgIpc) is 2.71. The van der Waals surface area contributed by atoms with Crippen molar-refractivity contribution in [3.05, 3.63) is 102 Å². The molecule has 0 unspecified atom stereocenters. The fourth-order valence-electron chi connectivity index (χ4n) is 2.73. The number of rotatable bonds is 8. The van der Waals surface area contributed by atoms with Gasteiger partial charge in [-0.15, -0.1) is 0 Å². The van der Waals surface area contributed by atoms with Crippen LogP contribution in [0.1, 0.15) is 27.9 Å². The van der Waals surface area contributed by atoms with E-state index in [1.165, 1.54) is 11.1 Å². The molecule has 0 bridgehead atoms. The van der Waals surface area contributed by atoms with Crippen LogP contribution >= 0.6 is 0 Å². The van der Waals surface area contributed by atoms with E-state index in [0.29, 0.717) is 18.7 Å². The van der Waals surface area contributed by atoms with Crippen molar-refractivity contribution in [2.75, 3.05) is 11.9 Å². The summed E-state index contributed by atoms with van der Waals surface area (Å²) in [5.41, 5.74) is 3.87. The van der Waals surface area contributed by atoms with Crippen LogP contribution in [0.25, 0.3) is 0 Å². The summed E-state index contributed by atoms with van der Waals surface area (Å²) >= 11 is 0.